The minimum absolute atomic E-state index is 0.813. The van der Waals surface area contributed by atoms with Crippen LogP contribution in [0.5, 0.6) is 5.75 Å². The van der Waals surface area contributed by atoms with Crippen LogP contribution >= 0.6 is 0 Å². The highest BCUT2D eigenvalue weighted by Crippen LogP contribution is 2.05. The third-order valence-corrected chi connectivity index (χ3v) is 0.828. The molecule has 0 atom stereocenters. The number of hydrogen-bond acceptors (Lipinski definition) is 1. The van der Waals surface area contributed by atoms with Gasteiger partial charge < -0.3 is 4.74 Å². The molecule has 2 nitrogen and oxygen atoms in total. The number of rotatable bonds is 1. The van der Waals surface area contributed by atoms with E-state index in [-0.39, 0.29) is 0 Å². The number of ether oxygens (including phenoxy) is 1. The first-order valence-electron chi connectivity index (χ1n) is 2.30. The van der Waals surface area contributed by atoms with Gasteiger partial charge in [0.2, 0.25) is 5.75 Å². The first kappa shape index (κ1) is 5.09. The van der Waals surface area contributed by atoms with E-state index in [1.807, 2.05) is 12.1 Å². The summed E-state index contributed by atoms with van der Waals surface area (Å²) in [5.74, 6) is 0.813. The van der Waals surface area contributed by atoms with Crippen LogP contribution in [-0.4, -0.2) is 9.72 Å². The maximum atomic E-state index is 3.82. The first-order chi connectivity index (χ1) is 3.93. The van der Waals surface area contributed by atoms with Gasteiger partial charge in [-0.15, -0.1) is 0 Å². The second-order valence-electron chi connectivity index (χ2n) is 1.37. The van der Waals surface area contributed by atoms with Crippen molar-refractivity contribution >= 4 is 0 Å². The van der Waals surface area contributed by atoms with Gasteiger partial charge in [-0.25, -0.2) is 0 Å². The van der Waals surface area contributed by atoms with Crippen molar-refractivity contribution in [1.29, 1.82) is 0 Å². The van der Waals surface area contributed by atoms with Gasteiger partial charge in [0.25, 0.3) is 0 Å². The molecule has 0 spiro atoms. The van der Waals surface area contributed by atoms with Crippen molar-refractivity contribution in [1.82, 2.24) is 4.98 Å². The molecule has 0 aromatic carbocycles. The maximum Gasteiger partial charge on any atom is 0.244 e. The molecular formula is C6H7NO. The van der Waals surface area contributed by atoms with Gasteiger partial charge in [0.05, 0.1) is 0 Å². The van der Waals surface area contributed by atoms with Crippen molar-refractivity contribution in [3.8, 4) is 5.75 Å². The Hall–Kier alpha value is -1.05. The van der Waals surface area contributed by atoms with Crippen LogP contribution in [-0.2, 0) is 0 Å². The Morgan fingerprint density at radius 1 is 1.62 bits per heavy atom. The molecule has 1 rings (SSSR count). The van der Waals surface area contributed by atoms with E-state index in [9.17, 15) is 0 Å². The van der Waals surface area contributed by atoms with Gasteiger partial charge in [0.1, 0.15) is 6.20 Å². The van der Waals surface area contributed by atoms with E-state index in [1.165, 1.54) is 0 Å². The van der Waals surface area contributed by atoms with Crippen LogP contribution in [0.1, 0.15) is 0 Å². The largest absolute Gasteiger partial charge is 0.721 e. The van der Waals surface area contributed by atoms with Gasteiger partial charge in [-0.2, -0.15) is 0 Å². The lowest BCUT2D eigenvalue weighted by atomic mass is 10.5. The van der Waals surface area contributed by atoms with Crippen molar-refractivity contribution in [3.05, 3.63) is 31.6 Å². The van der Waals surface area contributed by atoms with Gasteiger partial charge >= 0.3 is 0 Å². The molecule has 0 radical (unpaired) electrons. The maximum absolute atomic E-state index is 3.82. The van der Waals surface area contributed by atoms with Gasteiger partial charge in [0.15, 0.2) is 0 Å². The second-order valence-corrected chi connectivity index (χ2v) is 1.37. The van der Waals surface area contributed by atoms with Crippen LogP contribution in [0.3, 0.4) is 0 Å². The average Bonchev–Trinajstić information content (AvgIpc) is 1.90. The predicted octanol–water partition coefficient (Wildman–Crippen LogP) is 1.11. The van der Waals surface area contributed by atoms with Crippen LogP contribution in [0, 0.1) is 7.11 Å². The average molecular weight is 109 g/mol. The van der Waals surface area contributed by atoms with Crippen LogP contribution < -0.4 is 0 Å². The van der Waals surface area contributed by atoms with Gasteiger partial charge in [-0.05, 0) is 13.2 Å². The molecule has 1 heterocycles. The zero-order valence-corrected chi connectivity index (χ0v) is 4.41. The smallest absolute Gasteiger partial charge is 0.244 e. The summed E-state index contributed by atoms with van der Waals surface area (Å²) >= 11 is 0. The van der Waals surface area contributed by atoms with E-state index in [0.29, 0.717) is 0 Å². The molecule has 1 aromatic heterocycles. The summed E-state index contributed by atoms with van der Waals surface area (Å²) in [6.45, 7) is 0. The van der Waals surface area contributed by atoms with Crippen molar-refractivity contribution in [2.45, 2.75) is 0 Å². The minimum Gasteiger partial charge on any atom is -0.721 e. The Morgan fingerprint density at radius 3 is 2.88 bits per heavy atom. The quantitative estimate of drug-likeness (QED) is 0.392. The SMILES string of the molecule is [CH2-][OH+]c1cccnc1. The Bertz CT molecular complexity index is 150. The Kier molecular flexibility index (Phi) is 1.47. The third kappa shape index (κ3) is 0.964. The highest BCUT2D eigenvalue weighted by molar-refractivity contribution is 5.13. The van der Waals surface area contributed by atoms with Crippen molar-refractivity contribution in [3.63, 3.8) is 0 Å². The topological polar surface area (TPSA) is 25.7 Å². The zero-order valence-electron chi connectivity index (χ0n) is 4.41. The van der Waals surface area contributed by atoms with E-state index in [4.69, 9.17) is 0 Å². The molecule has 0 saturated carbocycles. The molecule has 1 N–H and O–H groups in total. The Labute approximate surface area is 48.1 Å². The summed E-state index contributed by atoms with van der Waals surface area (Å²) in [6.07, 6.45) is 3.36. The zero-order chi connectivity index (χ0) is 5.82. The van der Waals surface area contributed by atoms with Gasteiger partial charge in [0, 0.05) is 12.3 Å². The number of aliphatic hydroxyl groups is 1. The second kappa shape index (κ2) is 2.31. The summed E-state index contributed by atoms with van der Waals surface area (Å²) in [5.41, 5.74) is 0. The van der Waals surface area contributed by atoms with E-state index in [1.54, 1.807) is 12.4 Å². The summed E-state index contributed by atoms with van der Waals surface area (Å²) < 4.78 is 3.66. The standard InChI is InChI=1S/C6H7NO/c1-8-6-3-2-4-7-5-6/h2-5,8H,1H2. The fourth-order valence-electron chi connectivity index (χ4n) is 0.447. The van der Waals surface area contributed by atoms with Crippen LogP contribution in [0.15, 0.2) is 24.5 Å². The first-order valence-corrected chi connectivity index (χ1v) is 2.30. The van der Waals surface area contributed by atoms with Crippen LogP contribution in [0.4, 0.5) is 0 Å². The number of pyridine rings is 1. The molecule has 0 unspecified atom stereocenters. The third-order valence-electron chi connectivity index (χ3n) is 0.828. The van der Waals surface area contributed by atoms with Gasteiger partial charge in [-0.3, -0.25) is 4.98 Å². The molecule has 0 aliphatic carbocycles. The van der Waals surface area contributed by atoms with E-state index >= 15 is 0 Å². The predicted molar refractivity (Wildman–Crippen MR) is 31.3 cm³/mol. The molecule has 8 heavy (non-hydrogen) atoms. The van der Waals surface area contributed by atoms with E-state index in [0.717, 1.165) is 5.75 Å². The summed E-state index contributed by atoms with van der Waals surface area (Å²) in [4.78, 5) is 3.82. The minimum atomic E-state index is 0.813. The molecule has 0 aliphatic heterocycles. The van der Waals surface area contributed by atoms with Gasteiger partial charge in [-0.1, -0.05) is 0 Å². The number of nitrogens with zero attached hydrogens (tertiary/aromatic N) is 1. The van der Waals surface area contributed by atoms with Crippen LogP contribution in [0.25, 0.3) is 0 Å². The van der Waals surface area contributed by atoms with Crippen molar-refractivity contribution < 1.29 is 4.74 Å². The monoisotopic (exact) mass is 109 g/mol. The highest BCUT2D eigenvalue weighted by atomic mass is 16.5. The van der Waals surface area contributed by atoms with Crippen molar-refractivity contribution in [2.24, 2.45) is 0 Å². The lowest BCUT2D eigenvalue weighted by Gasteiger charge is -1.98. The van der Waals surface area contributed by atoms with Crippen molar-refractivity contribution in [2.75, 3.05) is 0 Å². The Morgan fingerprint density at radius 2 is 2.50 bits per heavy atom. The normalized spacial score (nSPS) is 8.62. The van der Waals surface area contributed by atoms with E-state index < -0.39 is 0 Å². The molecule has 0 bridgehead atoms. The fourth-order valence-corrected chi connectivity index (χ4v) is 0.447. The fraction of sp³-hybridized carbons (Fsp3) is 0. The summed E-state index contributed by atoms with van der Waals surface area (Å²) in [7, 11) is 3.34. The molecular weight excluding hydrogens is 102 g/mol. The molecule has 0 fully saturated rings. The molecule has 42 valence electrons. The molecule has 2 heteroatoms. The Balaban J connectivity index is 2.83. The lowest BCUT2D eigenvalue weighted by Crippen LogP contribution is -1.73. The summed E-state index contributed by atoms with van der Waals surface area (Å²) in [5, 5.41) is 0. The molecule has 0 aliphatic rings. The molecule has 1 aromatic rings. The highest BCUT2D eigenvalue weighted by Gasteiger charge is 1.84. The lowest BCUT2D eigenvalue weighted by molar-refractivity contribution is 0.185. The molecule has 0 saturated heterocycles. The summed E-state index contributed by atoms with van der Waals surface area (Å²) in [6, 6.07) is 3.67. The number of aromatic nitrogens is 1. The number of aromatic hydroxyl groups is 1. The van der Waals surface area contributed by atoms with E-state index in [2.05, 4.69) is 16.8 Å². The van der Waals surface area contributed by atoms with Crippen LogP contribution in [0.2, 0.25) is 0 Å². The molecule has 0 amide bonds. The number of hydrogen-bond donors (Lipinski definition) is 0.